The second-order valence-corrected chi connectivity index (χ2v) is 5.42. The molecule has 1 N–H and O–H groups in total. The minimum atomic E-state index is -0.847. The van der Waals surface area contributed by atoms with Gasteiger partial charge >= 0.3 is 5.69 Å². The second-order valence-electron chi connectivity index (χ2n) is 4.28. The maximum absolute atomic E-state index is 13.5. The van der Waals surface area contributed by atoms with E-state index in [1.165, 1.54) is 12.1 Å². The summed E-state index contributed by atoms with van der Waals surface area (Å²) in [6, 6.07) is 3.79. The molecule has 2 rings (SSSR count). The quantitative estimate of drug-likeness (QED) is 0.670. The number of nitrogens with zero attached hydrogens (tertiary/aromatic N) is 2. The van der Waals surface area contributed by atoms with E-state index < -0.39 is 16.4 Å². The molecule has 0 bridgehead atoms. The summed E-state index contributed by atoms with van der Waals surface area (Å²) in [6.45, 7) is 3.87. The van der Waals surface area contributed by atoms with Gasteiger partial charge in [-0.05, 0) is 25.5 Å². The number of anilines is 1. The standard InChI is InChI=1S/C13H14FN3O2S/c1-3-9-7-15-13(20-9)8(2)16-11-6-4-5-10(14)12(11)17(18)19/h4-8,16H,3H2,1-2H3. The summed E-state index contributed by atoms with van der Waals surface area (Å²) in [6.07, 6.45) is 2.68. The summed E-state index contributed by atoms with van der Waals surface area (Å²) < 4.78 is 13.5. The number of para-hydroxylation sites is 1. The van der Waals surface area contributed by atoms with Gasteiger partial charge in [0.1, 0.15) is 10.7 Å². The summed E-state index contributed by atoms with van der Waals surface area (Å²) in [5, 5.41) is 14.7. The zero-order chi connectivity index (χ0) is 14.7. The Labute approximate surface area is 119 Å². The molecule has 0 aliphatic rings. The monoisotopic (exact) mass is 295 g/mol. The molecule has 2 aromatic rings. The van der Waals surface area contributed by atoms with Crippen LogP contribution in [0.3, 0.4) is 0 Å². The lowest BCUT2D eigenvalue weighted by Crippen LogP contribution is -2.08. The molecule has 0 saturated carbocycles. The maximum atomic E-state index is 13.5. The Bertz CT molecular complexity index is 630. The van der Waals surface area contributed by atoms with Gasteiger partial charge in [0.2, 0.25) is 5.82 Å². The van der Waals surface area contributed by atoms with E-state index in [9.17, 15) is 14.5 Å². The fourth-order valence-corrected chi connectivity index (χ4v) is 2.66. The molecule has 0 fully saturated rings. The second kappa shape index (κ2) is 5.96. The van der Waals surface area contributed by atoms with E-state index in [4.69, 9.17) is 0 Å². The highest BCUT2D eigenvalue weighted by Gasteiger charge is 2.22. The molecule has 1 unspecified atom stereocenters. The number of hydrogen-bond donors (Lipinski definition) is 1. The van der Waals surface area contributed by atoms with Crippen LogP contribution in [0.25, 0.3) is 0 Å². The van der Waals surface area contributed by atoms with Crippen LogP contribution in [0.4, 0.5) is 15.8 Å². The highest BCUT2D eigenvalue weighted by molar-refractivity contribution is 7.11. The topological polar surface area (TPSA) is 68.1 Å². The smallest absolute Gasteiger partial charge is 0.327 e. The van der Waals surface area contributed by atoms with Gasteiger partial charge < -0.3 is 5.32 Å². The van der Waals surface area contributed by atoms with Crippen LogP contribution in [0.15, 0.2) is 24.4 Å². The predicted octanol–water partition coefficient (Wildman–Crippen LogP) is 3.93. The normalized spacial score (nSPS) is 12.2. The first-order valence-corrected chi connectivity index (χ1v) is 6.98. The number of thiazole rings is 1. The van der Waals surface area contributed by atoms with Gasteiger partial charge in [-0.3, -0.25) is 10.1 Å². The number of hydrogen-bond acceptors (Lipinski definition) is 5. The third-order valence-electron chi connectivity index (χ3n) is 2.83. The van der Waals surface area contributed by atoms with Crippen LogP contribution in [-0.4, -0.2) is 9.91 Å². The molecule has 20 heavy (non-hydrogen) atoms. The van der Waals surface area contributed by atoms with Crippen molar-refractivity contribution in [2.75, 3.05) is 5.32 Å². The van der Waals surface area contributed by atoms with Crippen molar-refractivity contribution in [1.82, 2.24) is 4.98 Å². The lowest BCUT2D eigenvalue weighted by molar-refractivity contribution is -0.386. The van der Waals surface area contributed by atoms with Gasteiger partial charge in [-0.15, -0.1) is 11.3 Å². The number of halogens is 1. The molecule has 7 heteroatoms. The molecule has 106 valence electrons. The molecule has 0 aliphatic heterocycles. The van der Waals surface area contributed by atoms with Crippen molar-refractivity contribution in [3.05, 3.63) is 50.2 Å². The average molecular weight is 295 g/mol. The highest BCUT2D eigenvalue weighted by atomic mass is 32.1. The lowest BCUT2D eigenvalue weighted by Gasteiger charge is -2.12. The summed E-state index contributed by atoms with van der Waals surface area (Å²) in [7, 11) is 0. The van der Waals surface area contributed by atoms with Crippen molar-refractivity contribution in [1.29, 1.82) is 0 Å². The van der Waals surface area contributed by atoms with E-state index in [-0.39, 0.29) is 11.7 Å². The zero-order valence-corrected chi connectivity index (χ0v) is 11.9. The summed E-state index contributed by atoms with van der Waals surface area (Å²) in [5.41, 5.74) is -0.373. The molecular formula is C13H14FN3O2S. The molecule has 1 aromatic carbocycles. The minimum Gasteiger partial charge on any atom is -0.370 e. The summed E-state index contributed by atoms with van der Waals surface area (Å²) >= 11 is 1.54. The molecule has 1 aromatic heterocycles. The van der Waals surface area contributed by atoms with Crippen LogP contribution in [0.5, 0.6) is 0 Å². The molecule has 0 radical (unpaired) electrons. The van der Waals surface area contributed by atoms with Crippen molar-refractivity contribution < 1.29 is 9.31 Å². The van der Waals surface area contributed by atoms with Gasteiger partial charge in [0.15, 0.2) is 0 Å². The number of rotatable bonds is 5. The van der Waals surface area contributed by atoms with E-state index in [1.54, 1.807) is 17.5 Å². The molecule has 0 saturated heterocycles. The van der Waals surface area contributed by atoms with Crippen molar-refractivity contribution in [3.63, 3.8) is 0 Å². The van der Waals surface area contributed by atoms with Crippen molar-refractivity contribution >= 4 is 22.7 Å². The van der Waals surface area contributed by atoms with Gasteiger partial charge in [-0.25, -0.2) is 4.98 Å². The molecule has 0 spiro atoms. The molecule has 5 nitrogen and oxygen atoms in total. The predicted molar refractivity (Wildman–Crippen MR) is 76.6 cm³/mol. The number of nitrogens with one attached hydrogen (secondary N) is 1. The van der Waals surface area contributed by atoms with E-state index in [1.807, 2.05) is 13.8 Å². The van der Waals surface area contributed by atoms with E-state index in [0.29, 0.717) is 0 Å². The molecular weight excluding hydrogens is 281 g/mol. The first kappa shape index (κ1) is 14.4. The van der Waals surface area contributed by atoms with Crippen molar-refractivity contribution in [2.45, 2.75) is 26.3 Å². The Hall–Kier alpha value is -2.02. The van der Waals surface area contributed by atoms with Crippen LogP contribution < -0.4 is 5.32 Å². The SMILES string of the molecule is CCc1cnc(C(C)Nc2cccc(F)c2[N+](=O)[O-])s1. The largest absolute Gasteiger partial charge is 0.370 e. The highest BCUT2D eigenvalue weighted by Crippen LogP contribution is 2.31. The van der Waals surface area contributed by atoms with Crippen LogP contribution in [0.2, 0.25) is 0 Å². The Kier molecular flexibility index (Phi) is 4.29. The van der Waals surface area contributed by atoms with Gasteiger partial charge in [-0.2, -0.15) is 4.39 Å². The molecule has 0 amide bonds. The van der Waals surface area contributed by atoms with Gasteiger partial charge in [-0.1, -0.05) is 13.0 Å². The Morgan fingerprint density at radius 1 is 1.55 bits per heavy atom. The van der Waals surface area contributed by atoms with Crippen LogP contribution >= 0.6 is 11.3 Å². The minimum absolute atomic E-state index is 0.163. The molecule has 1 atom stereocenters. The third-order valence-corrected chi connectivity index (χ3v) is 4.16. The van der Waals surface area contributed by atoms with Crippen LogP contribution in [0, 0.1) is 15.9 Å². The number of aromatic nitrogens is 1. The fraction of sp³-hybridized carbons (Fsp3) is 0.308. The zero-order valence-electron chi connectivity index (χ0n) is 11.1. The Morgan fingerprint density at radius 3 is 2.90 bits per heavy atom. The Balaban J connectivity index is 2.25. The first-order chi connectivity index (χ1) is 9.52. The van der Waals surface area contributed by atoms with Gasteiger partial charge in [0, 0.05) is 11.1 Å². The van der Waals surface area contributed by atoms with Crippen LogP contribution in [0.1, 0.15) is 29.8 Å². The lowest BCUT2D eigenvalue weighted by atomic mass is 10.2. The fourth-order valence-electron chi connectivity index (χ4n) is 1.80. The van der Waals surface area contributed by atoms with Crippen molar-refractivity contribution in [3.8, 4) is 0 Å². The van der Waals surface area contributed by atoms with Gasteiger partial charge in [0.05, 0.1) is 11.0 Å². The van der Waals surface area contributed by atoms with E-state index in [2.05, 4.69) is 10.3 Å². The average Bonchev–Trinajstić information content (AvgIpc) is 2.87. The Morgan fingerprint density at radius 2 is 2.30 bits per heavy atom. The first-order valence-electron chi connectivity index (χ1n) is 6.17. The maximum Gasteiger partial charge on any atom is 0.327 e. The molecule has 1 heterocycles. The van der Waals surface area contributed by atoms with Crippen molar-refractivity contribution in [2.24, 2.45) is 0 Å². The van der Waals surface area contributed by atoms with E-state index >= 15 is 0 Å². The third kappa shape index (κ3) is 2.93. The number of nitro groups is 1. The number of aryl methyl sites for hydroxylation is 1. The summed E-state index contributed by atoms with van der Waals surface area (Å²) in [4.78, 5) is 15.6. The number of nitro benzene ring substituents is 1. The molecule has 0 aliphatic carbocycles. The number of benzene rings is 1. The van der Waals surface area contributed by atoms with Gasteiger partial charge in [0.25, 0.3) is 0 Å². The van der Waals surface area contributed by atoms with Crippen LogP contribution in [-0.2, 0) is 6.42 Å². The van der Waals surface area contributed by atoms with E-state index in [0.717, 1.165) is 22.4 Å². The summed E-state index contributed by atoms with van der Waals surface area (Å²) in [5.74, 6) is -0.847.